The Bertz CT molecular complexity index is 802. The van der Waals surface area contributed by atoms with Crippen LogP contribution < -0.4 is 5.32 Å². The second-order valence-corrected chi connectivity index (χ2v) is 6.66. The fourth-order valence-electron chi connectivity index (χ4n) is 2.56. The highest BCUT2D eigenvalue weighted by atomic mass is 32.1. The summed E-state index contributed by atoms with van der Waals surface area (Å²) in [6.07, 6.45) is -3.79. The molecule has 2 unspecified atom stereocenters. The molecule has 1 saturated carbocycles. The summed E-state index contributed by atoms with van der Waals surface area (Å²) >= 11 is 1.14. The molecule has 0 bridgehead atoms. The molecule has 1 aliphatic carbocycles. The zero-order valence-electron chi connectivity index (χ0n) is 12.7. The van der Waals surface area contributed by atoms with Gasteiger partial charge >= 0.3 is 12.1 Å². The van der Waals surface area contributed by atoms with Gasteiger partial charge in [-0.3, -0.25) is 4.79 Å². The highest BCUT2D eigenvalue weighted by Gasteiger charge is 2.44. The van der Waals surface area contributed by atoms with E-state index in [1.54, 1.807) is 0 Å². The van der Waals surface area contributed by atoms with Crippen molar-refractivity contribution in [1.82, 2.24) is 10.3 Å². The van der Waals surface area contributed by atoms with E-state index < -0.39 is 17.7 Å². The molecule has 1 amide bonds. The lowest BCUT2D eigenvalue weighted by molar-refractivity contribution is -0.137. The van der Waals surface area contributed by atoms with Gasteiger partial charge in [0.2, 0.25) is 5.91 Å². The molecule has 1 aromatic heterocycles. The number of benzene rings is 1. The van der Waals surface area contributed by atoms with Gasteiger partial charge in [0.1, 0.15) is 5.01 Å². The molecule has 9 heteroatoms. The number of alkyl halides is 3. The van der Waals surface area contributed by atoms with Crippen molar-refractivity contribution < 1.29 is 27.9 Å². The van der Waals surface area contributed by atoms with Crippen LogP contribution in [-0.2, 0) is 17.5 Å². The van der Waals surface area contributed by atoms with E-state index in [0.29, 0.717) is 17.0 Å². The van der Waals surface area contributed by atoms with E-state index >= 15 is 0 Å². The molecule has 0 saturated heterocycles. The summed E-state index contributed by atoms with van der Waals surface area (Å²) in [6, 6.07) is 4.85. The first-order valence-corrected chi connectivity index (χ1v) is 8.26. The van der Waals surface area contributed by atoms with Crippen molar-refractivity contribution in [2.24, 2.45) is 5.92 Å². The van der Waals surface area contributed by atoms with Gasteiger partial charge in [-0.25, -0.2) is 9.78 Å². The minimum atomic E-state index is -4.37. The van der Waals surface area contributed by atoms with Crippen LogP contribution in [0.5, 0.6) is 0 Å². The summed E-state index contributed by atoms with van der Waals surface area (Å²) < 4.78 is 37.6. The number of aromatic nitrogens is 1. The van der Waals surface area contributed by atoms with Crippen molar-refractivity contribution in [1.29, 1.82) is 0 Å². The van der Waals surface area contributed by atoms with Crippen LogP contribution in [0.2, 0.25) is 0 Å². The Morgan fingerprint density at radius 2 is 1.96 bits per heavy atom. The molecule has 2 atom stereocenters. The number of hydrogen-bond acceptors (Lipinski definition) is 4. The zero-order valence-corrected chi connectivity index (χ0v) is 13.5. The number of nitrogens with zero attached hydrogens (tertiary/aromatic N) is 1. The lowest BCUT2D eigenvalue weighted by atomic mass is 10.1. The van der Waals surface area contributed by atoms with E-state index in [0.717, 1.165) is 23.5 Å². The maximum absolute atomic E-state index is 12.5. The second-order valence-electron chi connectivity index (χ2n) is 5.72. The largest absolute Gasteiger partial charge is 0.476 e. The third kappa shape index (κ3) is 3.98. The predicted molar refractivity (Wildman–Crippen MR) is 83.2 cm³/mol. The van der Waals surface area contributed by atoms with Crippen molar-refractivity contribution in [3.05, 3.63) is 51.5 Å². The SMILES string of the molecule is O=C(O)c1csc(CNC(=O)C2CC2c2ccc(C(F)(F)F)cc2)n1. The molecule has 1 fully saturated rings. The first-order chi connectivity index (χ1) is 11.8. The van der Waals surface area contributed by atoms with E-state index in [4.69, 9.17) is 5.11 Å². The van der Waals surface area contributed by atoms with Crippen LogP contribution in [0.25, 0.3) is 0 Å². The van der Waals surface area contributed by atoms with Gasteiger partial charge < -0.3 is 10.4 Å². The average molecular weight is 370 g/mol. The van der Waals surface area contributed by atoms with Crippen molar-refractivity contribution in [3.63, 3.8) is 0 Å². The molecule has 3 rings (SSSR count). The van der Waals surface area contributed by atoms with Gasteiger partial charge in [0.05, 0.1) is 12.1 Å². The van der Waals surface area contributed by atoms with Crippen LogP contribution in [0.4, 0.5) is 13.2 Å². The summed E-state index contributed by atoms with van der Waals surface area (Å²) in [5.41, 5.74) is -0.0743. The van der Waals surface area contributed by atoms with Crippen molar-refractivity contribution >= 4 is 23.2 Å². The number of rotatable bonds is 5. The van der Waals surface area contributed by atoms with Crippen LogP contribution in [0.3, 0.4) is 0 Å². The van der Waals surface area contributed by atoms with E-state index in [-0.39, 0.29) is 30.0 Å². The maximum Gasteiger partial charge on any atom is 0.416 e. The van der Waals surface area contributed by atoms with Crippen LogP contribution in [0, 0.1) is 5.92 Å². The summed E-state index contributed by atoms with van der Waals surface area (Å²) in [5.74, 6) is -1.71. The van der Waals surface area contributed by atoms with Crippen LogP contribution in [-0.4, -0.2) is 22.0 Å². The number of carbonyl (C=O) groups excluding carboxylic acids is 1. The Morgan fingerprint density at radius 1 is 1.28 bits per heavy atom. The fourth-order valence-corrected chi connectivity index (χ4v) is 3.26. The van der Waals surface area contributed by atoms with Crippen molar-refractivity contribution in [2.75, 3.05) is 0 Å². The highest BCUT2D eigenvalue weighted by molar-refractivity contribution is 7.09. The number of carboxylic acid groups (broad SMARTS) is 1. The molecule has 0 spiro atoms. The molecule has 2 aromatic rings. The normalized spacial score (nSPS) is 19.5. The van der Waals surface area contributed by atoms with Crippen molar-refractivity contribution in [2.45, 2.75) is 25.1 Å². The molecule has 132 valence electrons. The van der Waals surface area contributed by atoms with Gasteiger partial charge in [-0.05, 0) is 30.0 Å². The van der Waals surface area contributed by atoms with Gasteiger partial charge in [0, 0.05) is 11.3 Å². The topological polar surface area (TPSA) is 79.3 Å². The molecule has 0 radical (unpaired) electrons. The zero-order chi connectivity index (χ0) is 18.2. The van der Waals surface area contributed by atoms with Gasteiger partial charge in [0.15, 0.2) is 5.69 Å². The highest BCUT2D eigenvalue weighted by Crippen LogP contribution is 2.48. The number of carbonyl (C=O) groups is 2. The van der Waals surface area contributed by atoms with Crippen molar-refractivity contribution in [3.8, 4) is 0 Å². The van der Waals surface area contributed by atoms with Crippen LogP contribution in [0.15, 0.2) is 29.6 Å². The molecular weight excluding hydrogens is 357 g/mol. The van der Waals surface area contributed by atoms with Gasteiger partial charge in [-0.1, -0.05) is 12.1 Å². The number of hydrogen-bond donors (Lipinski definition) is 2. The Kier molecular flexibility index (Phi) is 4.51. The Hall–Kier alpha value is -2.42. The predicted octanol–water partition coefficient (Wildman–Crippen LogP) is 3.28. The second kappa shape index (κ2) is 6.47. The fraction of sp³-hybridized carbons (Fsp3) is 0.312. The average Bonchev–Trinajstić information content (AvgIpc) is 3.21. The minimum absolute atomic E-state index is 0.0664. The molecule has 1 aromatic carbocycles. The van der Waals surface area contributed by atoms with Crippen LogP contribution >= 0.6 is 11.3 Å². The number of amides is 1. The van der Waals surface area contributed by atoms with Gasteiger partial charge in [-0.15, -0.1) is 11.3 Å². The Morgan fingerprint density at radius 3 is 2.52 bits per heavy atom. The van der Waals surface area contributed by atoms with E-state index in [2.05, 4.69) is 10.3 Å². The smallest absolute Gasteiger partial charge is 0.416 e. The quantitative estimate of drug-likeness (QED) is 0.847. The summed E-state index contributed by atoms with van der Waals surface area (Å²) in [6.45, 7) is 0.132. The molecule has 2 N–H and O–H groups in total. The standard InChI is InChI=1S/C16H13F3N2O3S/c17-16(18,19)9-3-1-8(2-4-9)10-5-11(10)14(22)20-6-13-21-12(7-25-13)15(23)24/h1-4,7,10-11H,5-6H2,(H,20,22)(H,23,24). The number of nitrogens with one attached hydrogen (secondary N) is 1. The number of aromatic carboxylic acids is 1. The molecule has 1 aliphatic rings. The molecule has 1 heterocycles. The molecule has 25 heavy (non-hydrogen) atoms. The van der Waals surface area contributed by atoms with Gasteiger partial charge in [0.25, 0.3) is 0 Å². The number of carboxylic acids is 1. The van der Waals surface area contributed by atoms with Crippen LogP contribution in [0.1, 0.15) is 39.0 Å². The van der Waals surface area contributed by atoms with E-state index in [9.17, 15) is 22.8 Å². The van der Waals surface area contributed by atoms with Gasteiger partial charge in [-0.2, -0.15) is 13.2 Å². The number of halogens is 3. The summed E-state index contributed by atoms with van der Waals surface area (Å²) in [4.78, 5) is 26.7. The first-order valence-electron chi connectivity index (χ1n) is 7.38. The van der Waals surface area contributed by atoms with E-state index in [1.807, 2.05) is 0 Å². The maximum atomic E-state index is 12.5. The molecule has 0 aliphatic heterocycles. The Balaban J connectivity index is 1.54. The molecular formula is C16H13F3N2O3S. The third-order valence-electron chi connectivity index (χ3n) is 3.98. The minimum Gasteiger partial charge on any atom is -0.476 e. The third-order valence-corrected chi connectivity index (χ3v) is 4.83. The molecule has 5 nitrogen and oxygen atoms in total. The first kappa shape index (κ1) is 17.4. The summed E-state index contributed by atoms with van der Waals surface area (Å²) in [5, 5.41) is 13.4. The lowest BCUT2D eigenvalue weighted by Crippen LogP contribution is -2.24. The monoisotopic (exact) mass is 370 g/mol. The lowest BCUT2D eigenvalue weighted by Gasteiger charge is -2.07. The Labute approximate surface area is 144 Å². The number of thiazole rings is 1. The summed E-state index contributed by atoms with van der Waals surface area (Å²) in [7, 11) is 0. The van der Waals surface area contributed by atoms with E-state index in [1.165, 1.54) is 17.5 Å².